The van der Waals surface area contributed by atoms with Gasteiger partial charge in [0, 0.05) is 33.0 Å². The highest BCUT2D eigenvalue weighted by atomic mass is 16.4. The lowest BCUT2D eigenvalue weighted by Crippen LogP contribution is -2.30. The molecule has 1 N–H and O–H groups in total. The number of hydrogen-bond donors (Lipinski definition) is 1. The van der Waals surface area contributed by atoms with Gasteiger partial charge in [0.25, 0.3) is 0 Å². The molecule has 1 fully saturated rings. The van der Waals surface area contributed by atoms with Crippen molar-refractivity contribution in [1.82, 2.24) is 19.7 Å². The maximum absolute atomic E-state index is 12.3. The van der Waals surface area contributed by atoms with Crippen LogP contribution in [0.2, 0.25) is 0 Å². The minimum atomic E-state index is -0.808. The molecule has 1 aliphatic rings. The summed E-state index contributed by atoms with van der Waals surface area (Å²) in [4.78, 5) is 25.3. The van der Waals surface area contributed by atoms with Crippen LogP contribution in [0.5, 0.6) is 0 Å². The summed E-state index contributed by atoms with van der Waals surface area (Å²) >= 11 is 0. The lowest BCUT2D eigenvalue weighted by molar-refractivity contribution is -0.143. The highest BCUT2D eigenvalue weighted by molar-refractivity contribution is 5.79. The van der Waals surface area contributed by atoms with Crippen molar-refractivity contribution in [3.8, 4) is 0 Å². The van der Waals surface area contributed by atoms with Crippen LogP contribution in [-0.2, 0) is 23.1 Å². The first-order chi connectivity index (χ1) is 9.90. The smallest absolute Gasteiger partial charge is 0.308 e. The van der Waals surface area contributed by atoms with Gasteiger partial charge in [-0.1, -0.05) is 13.8 Å². The number of carbonyl (C=O) groups is 2. The molecule has 7 nitrogen and oxygen atoms in total. The highest BCUT2D eigenvalue weighted by Gasteiger charge is 2.40. The van der Waals surface area contributed by atoms with E-state index in [0.717, 1.165) is 5.82 Å². The third kappa shape index (κ3) is 3.40. The summed E-state index contributed by atoms with van der Waals surface area (Å²) in [5, 5.41) is 17.0. The molecular weight excluding hydrogens is 272 g/mol. The van der Waals surface area contributed by atoms with Crippen molar-refractivity contribution in [3.05, 3.63) is 12.2 Å². The molecule has 1 saturated heterocycles. The van der Waals surface area contributed by atoms with Crippen molar-refractivity contribution in [2.24, 2.45) is 24.8 Å². The van der Waals surface area contributed by atoms with Crippen LogP contribution in [0.3, 0.4) is 0 Å². The number of amides is 1. The number of carbonyl (C=O) groups excluding carboxylic acids is 1. The van der Waals surface area contributed by atoms with E-state index in [0.29, 0.717) is 25.9 Å². The Labute approximate surface area is 124 Å². The monoisotopic (exact) mass is 294 g/mol. The number of carboxylic acid groups (broad SMARTS) is 1. The molecule has 116 valence electrons. The van der Waals surface area contributed by atoms with Crippen molar-refractivity contribution in [3.63, 3.8) is 0 Å². The first kappa shape index (κ1) is 15.5. The fraction of sp³-hybridized carbons (Fsp3) is 0.714. The zero-order valence-electron chi connectivity index (χ0n) is 12.7. The van der Waals surface area contributed by atoms with Crippen molar-refractivity contribution in [2.75, 3.05) is 13.1 Å². The highest BCUT2D eigenvalue weighted by Crippen LogP contribution is 2.30. The molecule has 1 aliphatic heterocycles. The van der Waals surface area contributed by atoms with Crippen LogP contribution in [0.4, 0.5) is 0 Å². The van der Waals surface area contributed by atoms with Gasteiger partial charge in [0.05, 0.1) is 5.92 Å². The van der Waals surface area contributed by atoms with E-state index in [2.05, 4.69) is 10.2 Å². The lowest BCUT2D eigenvalue weighted by Gasteiger charge is -2.18. The van der Waals surface area contributed by atoms with Crippen LogP contribution in [0.25, 0.3) is 0 Å². The van der Waals surface area contributed by atoms with Crippen molar-refractivity contribution < 1.29 is 14.7 Å². The molecule has 0 aromatic carbocycles. The van der Waals surface area contributed by atoms with Crippen LogP contribution >= 0.6 is 0 Å². The molecule has 0 bridgehead atoms. The maximum atomic E-state index is 12.3. The number of aliphatic carboxylic acids is 1. The van der Waals surface area contributed by atoms with Gasteiger partial charge < -0.3 is 14.6 Å². The third-order valence-electron chi connectivity index (χ3n) is 4.26. The largest absolute Gasteiger partial charge is 0.481 e. The second kappa shape index (κ2) is 6.24. The molecular formula is C14H22N4O3. The van der Waals surface area contributed by atoms with Crippen molar-refractivity contribution in [2.45, 2.75) is 26.7 Å². The minimum absolute atomic E-state index is 0.00704. The van der Waals surface area contributed by atoms with Gasteiger partial charge in [-0.05, 0) is 11.8 Å². The van der Waals surface area contributed by atoms with Gasteiger partial charge in [0.1, 0.15) is 12.2 Å². The van der Waals surface area contributed by atoms with Crippen LogP contribution in [0.1, 0.15) is 26.1 Å². The first-order valence-electron chi connectivity index (χ1n) is 7.23. The van der Waals surface area contributed by atoms with E-state index in [4.69, 9.17) is 0 Å². The van der Waals surface area contributed by atoms with E-state index in [9.17, 15) is 14.7 Å². The van der Waals surface area contributed by atoms with Crippen molar-refractivity contribution in [1.29, 1.82) is 0 Å². The Hall–Kier alpha value is -1.92. The fourth-order valence-electron chi connectivity index (χ4n) is 2.88. The van der Waals surface area contributed by atoms with Gasteiger partial charge >= 0.3 is 5.97 Å². The Kier molecular flexibility index (Phi) is 4.59. The van der Waals surface area contributed by atoms with Crippen LogP contribution < -0.4 is 0 Å². The Morgan fingerprint density at radius 1 is 1.43 bits per heavy atom. The maximum Gasteiger partial charge on any atom is 0.308 e. The van der Waals surface area contributed by atoms with E-state index in [-0.39, 0.29) is 17.7 Å². The summed E-state index contributed by atoms with van der Waals surface area (Å²) in [6.45, 7) is 4.87. The van der Waals surface area contributed by atoms with Gasteiger partial charge in [0.2, 0.25) is 5.91 Å². The number of aryl methyl sites for hydroxylation is 2. The molecule has 7 heteroatoms. The normalized spacial score (nSPS) is 22.0. The zero-order chi connectivity index (χ0) is 15.6. The molecule has 2 rings (SSSR count). The second-order valence-electron chi connectivity index (χ2n) is 6.01. The fourth-order valence-corrected chi connectivity index (χ4v) is 2.88. The second-order valence-corrected chi connectivity index (χ2v) is 6.01. The minimum Gasteiger partial charge on any atom is -0.481 e. The summed E-state index contributed by atoms with van der Waals surface area (Å²) < 4.78 is 1.79. The van der Waals surface area contributed by atoms with E-state index in [1.54, 1.807) is 15.8 Å². The van der Waals surface area contributed by atoms with E-state index in [1.807, 2.05) is 20.9 Å². The molecule has 0 spiro atoms. The molecule has 21 heavy (non-hydrogen) atoms. The molecule has 0 saturated carbocycles. The van der Waals surface area contributed by atoms with Gasteiger partial charge in [-0.25, -0.2) is 0 Å². The summed E-state index contributed by atoms with van der Waals surface area (Å²) in [6, 6.07) is 0. The van der Waals surface area contributed by atoms with Crippen LogP contribution in [0, 0.1) is 17.8 Å². The number of aromatic nitrogens is 3. The van der Waals surface area contributed by atoms with E-state index in [1.165, 1.54) is 0 Å². The summed E-state index contributed by atoms with van der Waals surface area (Å²) in [5.74, 6) is -0.227. The molecule has 2 atom stereocenters. The molecule has 1 aromatic rings. The predicted octanol–water partition coefficient (Wildman–Crippen LogP) is 0.563. The summed E-state index contributed by atoms with van der Waals surface area (Å²) in [5.41, 5.74) is 0. The Morgan fingerprint density at radius 2 is 2.14 bits per heavy atom. The first-order valence-corrected chi connectivity index (χ1v) is 7.23. The average Bonchev–Trinajstić information content (AvgIpc) is 3.02. The van der Waals surface area contributed by atoms with Gasteiger partial charge in [-0.15, -0.1) is 10.2 Å². The Balaban J connectivity index is 1.94. The number of hydrogen-bond acceptors (Lipinski definition) is 4. The lowest BCUT2D eigenvalue weighted by atomic mass is 9.86. The topological polar surface area (TPSA) is 88.3 Å². The number of rotatable bonds is 5. The summed E-state index contributed by atoms with van der Waals surface area (Å²) in [6.07, 6.45) is 2.46. The number of nitrogens with zero attached hydrogens (tertiary/aromatic N) is 4. The quantitative estimate of drug-likeness (QED) is 0.857. The molecule has 1 amide bonds. The molecule has 0 radical (unpaired) electrons. The molecule has 2 heterocycles. The molecule has 1 aromatic heterocycles. The SMILES string of the molecule is CC(C)[C@@H]1CN(C(=O)CCc2nncn2C)C[C@H]1C(=O)O. The zero-order valence-corrected chi connectivity index (χ0v) is 12.7. The van der Waals surface area contributed by atoms with E-state index >= 15 is 0 Å². The van der Waals surface area contributed by atoms with E-state index < -0.39 is 11.9 Å². The standard InChI is InChI=1S/C14H22N4O3/c1-9(2)10-6-18(7-11(10)14(20)21)13(19)5-4-12-16-15-8-17(12)3/h8-11H,4-7H2,1-3H3,(H,20,21)/t10-,11+/m0/s1. The van der Waals surface area contributed by atoms with Crippen molar-refractivity contribution >= 4 is 11.9 Å². The number of likely N-dealkylation sites (tertiary alicyclic amines) is 1. The Bertz CT molecular complexity index is 526. The summed E-state index contributed by atoms with van der Waals surface area (Å²) in [7, 11) is 1.84. The van der Waals surface area contributed by atoms with Crippen LogP contribution in [-0.4, -0.2) is 49.7 Å². The third-order valence-corrected chi connectivity index (χ3v) is 4.26. The molecule has 0 unspecified atom stereocenters. The predicted molar refractivity (Wildman–Crippen MR) is 75.4 cm³/mol. The average molecular weight is 294 g/mol. The van der Waals surface area contributed by atoms with Gasteiger partial charge in [0.15, 0.2) is 0 Å². The van der Waals surface area contributed by atoms with Gasteiger partial charge in [-0.2, -0.15) is 0 Å². The number of carboxylic acids is 1. The van der Waals surface area contributed by atoms with Crippen LogP contribution in [0.15, 0.2) is 6.33 Å². The van der Waals surface area contributed by atoms with Gasteiger partial charge in [-0.3, -0.25) is 9.59 Å². The Morgan fingerprint density at radius 3 is 2.62 bits per heavy atom. The molecule has 0 aliphatic carbocycles.